The molecule has 0 aliphatic heterocycles. The molecule has 0 bridgehead atoms. The maximum absolute atomic E-state index is 9.59. The molecule has 0 atom stereocenters. The van der Waals surface area contributed by atoms with Gasteiger partial charge in [0, 0.05) is 17.5 Å². The third-order valence-corrected chi connectivity index (χ3v) is 3.92. The lowest BCUT2D eigenvalue weighted by Gasteiger charge is -2.38. The van der Waals surface area contributed by atoms with Crippen LogP contribution in [0.25, 0.3) is 0 Å². The highest BCUT2D eigenvalue weighted by Gasteiger charge is 2.37. The molecule has 16 heavy (non-hydrogen) atoms. The van der Waals surface area contributed by atoms with E-state index < -0.39 is 0 Å². The van der Waals surface area contributed by atoms with Gasteiger partial charge >= 0.3 is 0 Å². The molecule has 90 valence electrons. The van der Waals surface area contributed by atoms with Gasteiger partial charge in [-0.3, -0.25) is 0 Å². The van der Waals surface area contributed by atoms with Gasteiger partial charge in [-0.1, -0.05) is 0 Å². The molecule has 1 aliphatic rings. The molecule has 1 aromatic heterocycles. The van der Waals surface area contributed by atoms with Gasteiger partial charge in [0.25, 0.3) is 0 Å². The van der Waals surface area contributed by atoms with Gasteiger partial charge in [0.1, 0.15) is 11.5 Å². The number of aliphatic hydroxyl groups excluding tert-OH is 1. The van der Waals surface area contributed by atoms with Crippen LogP contribution in [0.1, 0.15) is 42.8 Å². The van der Waals surface area contributed by atoms with Crippen molar-refractivity contribution in [2.75, 3.05) is 6.54 Å². The van der Waals surface area contributed by atoms with Crippen LogP contribution < -0.4 is 5.73 Å². The van der Waals surface area contributed by atoms with Gasteiger partial charge in [-0.2, -0.15) is 0 Å². The van der Waals surface area contributed by atoms with Crippen molar-refractivity contribution < 1.29 is 9.52 Å². The smallest absolute Gasteiger partial charge is 0.104 e. The zero-order valence-electron chi connectivity index (χ0n) is 10.1. The maximum atomic E-state index is 9.59. The van der Waals surface area contributed by atoms with Gasteiger partial charge in [0.15, 0.2) is 0 Å². The summed E-state index contributed by atoms with van der Waals surface area (Å²) >= 11 is 0. The van der Waals surface area contributed by atoms with Crippen LogP contribution in [0.3, 0.4) is 0 Å². The Morgan fingerprint density at radius 3 is 2.50 bits per heavy atom. The Bertz CT molecular complexity index is 362. The van der Waals surface area contributed by atoms with Crippen LogP contribution in [0.4, 0.5) is 0 Å². The monoisotopic (exact) mass is 223 g/mol. The van der Waals surface area contributed by atoms with Crippen molar-refractivity contribution in [3.63, 3.8) is 0 Å². The molecule has 1 heterocycles. The number of hydrogen-bond acceptors (Lipinski definition) is 3. The van der Waals surface area contributed by atoms with E-state index in [0.717, 1.165) is 37.2 Å². The number of rotatable bonds is 2. The second-order valence-corrected chi connectivity index (χ2v) is 5.04. The molecule has 3 nitrogen and oxygen atoms in total. The molecule has 0 aromatic carbocycles. The van der Waals surface area contributed by atoms with E-state index in [1.807, 2.05) is 13.8 Å². The molecule has 3 N–H and O–H groups in total. The lowest BCUT2D eigenvalue weighted by Crippen LogP contribution is -2.40. The van der Waals surface area contributed by atoms with E-state index in [2.05, 4.69) is 6.07 Å². The molecule has 0 amide bonds. The van der Waals surface area contributed by atoms with Gasteiger partial charge in [0.05, 0.1) is 6.10 Å². The fraction of sp³-hybridized carbons (Fsp3) is 0.692. The van der Waals surface area contributed by atoms with Crippen LogP contribution in [0, 0.1) is 13.8 Å². The first-order valence-electron chi connectivity index (χ1n) is 6.03. The normalized spacial score (nSPS) is 30.6. The Kier molecular flexibility index (Phi) is 3.08. The Morgan fingerprint density at radius 1 is 1.44 bits per heavy atom. The Balaban J connectivity index is 2.31. The van der Waals surface area contributed by atoms with E-state index in [1.165, 1.54) is 5.56 Å². The second-order valence-electron chi connectivity index (χ2n) is 5.04. The third-order valence-electron chi connectivity index (χ3n) is 3.92. The summed E-state index contributed by atoms with van der Waals surface area (Å²) < 4.78 is 5.60. The topological polar surface area (TPSA) is 59.4 Å². The molecule has 1 aromatic rings. The van der Waals surface area contributed by atoms with E-state index in [9.17, 15) is 5.11 Å². The standard InChI is InChI=1S/C13H21NO2/c1-9-7-12(10(2)16-9)13(8-14)5-3-11(15)4-6-13/h7,11,15H,3-6,8,14H2,1-2H3. The van der Waals surface area contributed by atoms with Crippen molar-refractivity contribution in [3.8, 4) is 0 Å². The molecule has 0 saturated heterocycles. The number of hydrogen-bond donors (Lipinski definition) is 2. The zero-order valence-corrected chi connectivity index (χ0v) is 10.1. The van der Waals surface area contributed by atoms with Crippen molar-refractivity contribution in [2.45, 2.75) is 51.0 Å². The summed E-state index contributed by atoms with van der Waals surface area (Å²) in [6, 6.07) is 2.11. The van der Waals surface area contributed by atoms with Crippen LogP contribution in [0.5, 0.6) is 0 Å². The van der Waals surface area contributed by atoms with Gasteiger partial charge in [-0.05, 0) is 45.6 Å². The summed E-state index contributed by atoms with van der Waals surface area (Å²) in [6.45, 7) is 4.61. The van der Waals surface area contributed by atoms with E-state index >= 15 is 0 Å². The van der Waals surface area contributed by atoms with Crippen molar-refractivity contribution >= 4 is 0 Å². The van der Waals surface area contributed by atoms with Crippen molar-refractivity contribution in [1.29, 1.82) is 0 Å². The van der Waals surface area contributed by atoms with E-state index in [4.69, 9.17) is 10.2 Å². The Hall–Kier alpha value is -0.800. The van der Waals surface area contributed by atoms with E-state index in [1.54, 1.807) is 0 Å². The number of nitrogens with two attached hydrogens (primary N) is 1. The summed E-state index contributed by atoms with van der Waals surface area (Å²) in [6.07, 6.45) is 3.48. The minimum Gasteiger partial charge on any atom is -0.466 e. The van der Waals surface area contributed by atoms with E-state index in [0.29, 0.717) is 6.54 Å². The highest BCUT2D eigenvalue weighted by atomic mass is 16.3. The van der Waals surface area contributed by atoms with E-state index in [-0.39, 0.29) is 11.5 Å². The molecule has 0 radical (unpaired) electrons. The second kappa shape index (κ2) is 4.22. The maximum Gasteiger partial charge on any atom is 0.104 e. The van der Waals surface area contributed by atoms with Crippen molar-refractivity contribution in [1.82, 2.24) is 0 Å². The number of furan rings is 1. The highest BCUT2D eigenvalue weighted by Crippen LogP contribution is 2.41. The molecular formula is C13H21NO2. The fourth-order valence-corrected chi connectivity index (χ4v) is 2.90. The summed E-state index contributed by atoms with van der Waals surface area (Å²) in [7, 11) is 0. The summed E-state index contributed by atoms with van der Waals surface area (Å²) in [4.78, 5) is 0. The lowest BCUT2D eigenvalue weighted by molar-refractivity contribution is 0.0970. The summed E-state index contributed by atoms with van der Waals surface area (Å²) in [5, 5.41) is 9.59. The average Bonchev–Trinajstić information content (AvgIpc) is 2.60. The Labute approximate surface area is 96.6 Å². The minimum absolute atomic E-state index is 0.0288. The minimum atomic E-state index is -0.145. The SMILES string of the molecule is Cc1cc(C2(CN)CCC(O)CC2)c(C)o1. The lowest BCUT2D eigenvalue weighted by atomic mass is 9.68. The van der Waals surface area contributed by atoms with Crippen LogP contribution in [-0.2, 0) is 5.41 Å². The van der Waals surface area contributed by atoms with Gasteiger partial charge < -0.3 is 15.3 Å². The molecule has 0 spiro atoms. The number of aryl methyl sites for hydroxylation is 2. The predicted octanol–water partition coefficient (Wildman–Crippen LogP) is 2.03. The molecule has 3 heteroatoms. The van der Waals surface area contributed by atoms with Crippen molar-refractivity contribution in [3.05, 3.63) is 23.2 Å². The van der Waals surface area contributed by atoms with Gasteiger partial charge in [-0.25, -0.2) is 0 Å². The fourth-order valence-electron chi connectivity index (χ4n) is 2.90. The quantitative estimate of drug-likeness (QED) is 0.806. The first kappa shape index (κ1) is 11.7. The van der Waals surface area contributed by atoms with Gasteiger partial charge in [0.2, 0.25) is 0 Å². The molecule has 1 aliphatic carbocycles. The highest BCUT2D eigenvalue weighted by molar-refractivity contribution is 5.31. The largest absolute Gasteiger partial charge is 0.466 e. The average molecular weight is 223 g/mol. The van der Waals surface area contributed by atoms with Crippen LogP contribution in [0.15, 0.2) is 10.5 Å². The van der Waals surface area contributed by atoms with Crippen LogP contribution in [-0.4, -0.2) is 17.8 Å². The summed E-state index contributed by atoms with van der Waals surface area (Å²) in [5.74, 6) is 1.94. The first-order chi connectivity index (χ1) is 7.57. The third kappa shape index (κ3) is 1.89. The van der Waals surface area contributed by atoms with Crippen LogP contribution in [0.2, 0.25) is 0 Å². The first-order valence-corrected chi connectivity index (χ1v) is 6.03. The summed E-state index contributed by atoms with van der Waals surface area (Å²) in [5.41, 5.74) is 7.25. The molecule has 1 fully saturated rings. The van der Waals surface area contributed by atoms with Gasteiger partial charge in [-0.15, -0.1) is 0 Å². The number of aliphatic hydroxyl groups is 1. The Morgan fingerprint density at radius 2 is 2.06 bits per heavy atom. The molecule has 1 saturated carbocycles. The molecular weight excluding hydrogens is 202 g/mol. The predicted molar refractivity (Wildman–Crippen MR) is 63.4 cm³/mol. The molecule has 2 rings (SSSR count). The molecule has 0 unspecified atom stereocenters. The van der Waals surface area contributed by atoms with Crippen molar-refractivity contribution in [2.24, 2.45) is 5.73 Å². The van der Waals surface area contributed by atoms with Crippen LogP contribution >= 0.6 is 0 Å². The zero-order chi connectivity index (χ0) is 11.8.